The van der Waals surface area contributed by atoms with Gasteiger partial charge < -0.3 is 20.5 Å². The zero-order chi connectivity index (χ0) is 26.5. The zero-order valence-corrected chi connectivity index (χ0v) is 21.5. The SMILES string of the molecule is CC1(C)COC(c2ccc(Nc3cc(N)nc4c3nc(C(F)F)n4C3CCCCO3)c(S(C)(=O)=O)c2)=N1. The van der Waals surface area contributed by atoms with E-state index in [1.165, 1.54) is 16.7 Å². The Bertz CT molecular complexity index is 1500. The molecule has 1 aromatic carbocycles. The molecule has 0 radical (unpaired) electrons. The summed E-state index contributed by atoms with van der Waals surface area (Å²) in [7, 11) is -3.72. The lowest BCUT2D eigenvalue weighted by Gasteiger charge is -2.25. The number of hydrogen-bond acceptors (Lipinski definition) is 9. The molecule has 10 nitrogen and oxygen atoms in total. The lowest BCUT2D eigenvalue weighted by atomic mass is 10.1. The van der Waals surface area contributed by atoms with Gasteiger partial charge in [0.2, 0.25) is 5.90 Å². The van der Waals surface area contributed by atoms with Crippen molar-refractivity contribution < 1.29 is 26.7 Å². The van der Waals surface area contributed by atoms with Crippen LogP contribution < -0.4 is 11.1 Å². The number of imidazole rings is 1. The van der Waals surface area contributed by atoms with E-state index in [0.29, 0.717) is 31.1 Å². The second-order valence-electron chi connectivity index (χ2n) is 9.85. The summed E-state index contributed by atoms with van der Waals surface area (Å²) >= 11 is 0. The second-order valence-corrected chi connectivity index (χ2v) is 11.8. The predicted molar refractivity (Wildman–Crippen MR) is 135 cm³/mol. The van der Waals surface area contributed by atoms with Gasteiger partial charge in [-0.05, 0) is 51.3 Å². The van der Waals surface area contributed by atoms with Gasteiger partial charge >= 0.3 is 0 Å². The van der Waals surface area contributed by atoms with Crippen molar-refractivity contribution in [3.63, 3.8) is 0 Å². The van der Waals surface area contributed by atoms with Crippen molar-refractivity contribution in [3.8, 4) is 0 Å². The maximum Gasteiger partial charge on any atom is 0.295 e. The number of ether oxygens (including phenoxy) is 2. The summed E-state index contributed by atoms with van der Waals surface area (Å²) < 4.78 is 66.2. The fraction of sp³-hybridized carbons (Fsp3) is 0.458. The Labute approximate surface area is 212 Å². The molecule has 0 bridgehead atoms. The number of halogens is 2. The highest BCUT2D eigenvalue weighted by Gasteiger charge is 2.30. The van der Waals surface area contributed by atoms with Crippen LogP contribution in [0.25, 0.3) is 11.2 Å². The molecule has 1 saturated heterocycles. The minimum Gasteiger partial charge on any atom is -0.475 e. The maximum atomic E-state index is 14.0. The Morgan fingerprint density at radius 2 is 1.97 bits per heavy atom. The maximum absolute atomic E-state index is 14.0. The van der Waals surface area contributed by atoms with Crippen molar-refractivity contribution >= 4 is 44.1 Å². The van der Waals surface area contributed by atoms with Gasteiger partial charge in [-0.25, -0.2) is 32.2 Å². The van der Waals surface area contributed by atoms with Gasteiger partial charge in [0.15, 0.2) is 21.3 Å². The number of nitrogens with two attached hydrogens (primary N) is 1. The first-order chi connectivity index (χ1) is 17.4. The number of aromatic nitrogens is 3. The van der Waals surface area contributed by atoms with E-state index in [1.54, 1.807) is 12.1 Å². The van der Waals surface area contributed by atoms with E-state index in [9.17, 15) is 17.2 Å². The van der Waals surface area contributed by atoms with E-state index in [0.717, 1.165) is 19.1 Å². The summed E-state index contributed by atoms with van der Waals surface area (Å²) in [4.78, 5) is 13.0. The van der Waals surface area contributed by atoms with Gasteiger partial charge in [-0.15, -0.1) is 0 Å². The zero-order valence-electron chi connectivity index (χ0n) is 20.7. The summed E-state index contributed by atoms with van der Waals surface area (Å²) in [6.07, 6.45) is -0.250. The van der Waals surface area contributed by atoms with E-state index in [4.69, 9.17) is 15.2 Å². The molecule has 4 heterocycles. The molecule has 0 saturated carbocycles. The van der Waals surface area contributed by atoms with E-state index in [2.05, 4.69) is 20.3 Å². The molecule has 0 amide bonds. The normalized spacial score (nSPS) is 19.7. The average Bonchev–Trinajstić information content (AvgIpc) is 3.39. The number of nitrogens with zero attached hydrogens (tertiary/aromatic N) is 4. The van der Waals surface area contributed by atoms with Crippen LogP contribution in [0.5, 0.6) is 0 Å². The third-order valence-electron chi connectivity index (χ3n) is 6.20. The highest BCUT2D eigenvalue weighted by atomic mass is 32.2. The lowest BCUT2D eigenvalue weighted by Crippen LogP contribution is -2.20. The number of alkyl halides is 2. The third-order valence-corrected chi connectivity index (χ3v) is 7.33. The van der Waals surface area contributed by atoms with Crippen LogP contribution in [0.2, 0.25) is 0 Å². The monoisotopic (exact) mass is 534 g/mol. The molecule has 2 aliphatic heterocycles. The number of aliphatic imine (C=N–C) groups is 1. The van der Waals surface area contributed by atoms with E-state index < -0.39 is 33.9 Å². The van der Waals surface area contributed by atoms with Crippen LogP contribution in [0.1, 0.15) is 57.2 Å². The molecule has 1 atom stereocenters. The molecular weight excluding hydrogens is 506 g/mol. The molecule has 1 fully saturated rings. The number of sulfone groups is 1. The van der Waals surface area contributed by atoms with Gasteiger partial charge in [0.25, 0.3) is 6.43 Å². The standard InChI is InChI=1S/C24H28F2N6O4S/c1-24(2)12-36-23(31-24)13-7-8-14(16(10-13)37(3,33)34)28-15-11-17(27)29-21-19(15)30-22(20(25)26)32(21)18-6-4-5-9-35-18/h7-8,10-11,18,20H,4-6,9,12H2,1-3H3,(H3,27,28,29). The highest BCUT2D eigenvalue weighted by molar-refractivity contribution is 7.90. The van der Waals surface area contributed by atoms with Crippen LogP contribution in [0, 0.1) is 0 Å². The Morgan fingerprint density at radius 3 is 2.59 bits per heavy atom. The average molecular weight is 535 g/mol. The highest BCUT2D eigenvalue weighted by Crippen LogP contribution is 2.37. The van der Waals surface area contributed by atoms with Crippen LogP contribution in [0.15, 0.2) is 34.2 Å². The molecule has 198 valence electrons. The fourth-order valence-electron chi connectivity index (χ4n) is 4.50. The van der Waals surface area contributed by atoms with Crippen molar-refractivity contribution in [3.05, 3.63) is 35.7 Å². The van der Waals surface area contributed by atoms with Gasteiger partial charge in [0, 0.05) is 24.5 Å². The molecule has 3 N–H and O–H groups in total. The van der Waals surface area contributed by atoms with Crippen LogP contribution in [0.3, 0.4) is 0 Å². The van der Waals surface area contributed by atoms with Gasteiger partial charge in [-0.1, -0.05) is 0 Å². The van der Waals surface area contributed by atoms with E-state index in [1.807, 2.05) is 13.8 Å². The van der Waals surface area contributed by atoms with Gasteiger partial charge in [-0.2, -0.15) is 0 Å². The quantitative estimate of drug-likeness (QED) is 0.477. The van der Waals surface area contributed by atoms with Crippen molar-refractivity contribution in [1.82, 2.24) is 14.5 Å². The van der Waals surface area contributed by atoms with Gasteiger partial charge in [-0.3, -0.25) is 4.57 Å². The predicted octanol–water partition coefficient (Wildman–Crippen LogP) is 4.35. The van der Waals surface area contributed by atoms with E-state index in [-0.39, 0.29) is 33.3 Å². The van der Waals surface area contributed by atoms with Gasteiger partial charge in [0.05, 0.1) is 21.8 Å². The topological polar surface area (TPSA) is 134 Å². The number of nitrogen functional groups attached to an aromatic ring is 1. The Balaban J connectivity index is 1.61. The van der Waals surface area contributed by atoms with Crippen molar-refractivity contribution in [2.24, 2.45) is 4.99 Å². The number of anilines is 3. The molecule has 2 aromatic heterocycles. The first-order valence-corrected chi connectivity index (χ1v) is 13.7. The molecule has 0 aliphatic carbocycles. The van der Waals surface area contributed by atoms with Crippen molar-refractivity contribution in [1.29, 1.82) is 0 Å². The summed E-state index contributed by atoms with van der Waals surface area (Å²) in [5.74, 6) is -0.0771. The summed E-state index contributed by atoms with van der Waals surface area (Å²) in [5.41, 5.74) is 6.87. The molecular formula is C24H28F2N6O4S. The number of benzene rings is 1. The molecule has 3 aromatic rings. The minimum atomic E-state index is -3.72. The minimum absolute atomic E-state index is 0.0198. The first-order valence-electron chi connectivity index (χ1n) is 11.9. The number of nitrogens with one attached hydrogen (secondary N) is 1. The summed E-state index contributed by atoms with van der Waals surface area (Å²) in [5, 5.41) is 3.04. The molecule has 0 spiro atoms. The van der Waals surface area contributed by atoms with Crippen LogP contribution >= 0.6 is 0 Å². The van der Waals surface area contributed by atoms with Crippen LogP contribution in [0.4, 0.5) is 26.0 Å². The third kappa shape index (κ3) is 4.97. The molecule has 13 heteroatoms. The lowest BCUT2D eigenvalue weighted by molar-refractivity contribution is -0.0363. The molecule has 1 unspecified atom stereocenters. The fourth-order valence-corrected chi connectivity index (χ4v) is 5.36. The van der Waals surface area contributed by atoms with Crippen molar-refractivity contribution in [2.45, 2.75) is 56.2 Å². The molecule has 5 rings (SSSR count). The first kappa shape index (κ1) is 25.3. The number of hydrogen-bond donors (Lipinski definition) is 2. The van der Waals surface area contributed by atoms with E-state index >= 15 is 0 Å². The molecule has 37 heavy (non-hydrogen) atoms. The van der Waals surface area contributed by atoms with Crippen molar-refractivity contribution in [2.75, 3.05) is 30.5 Å². The molecule has 2 aliphatic rings. The summed E-state index contributed by atoms with van der Waals surface area (Å²) in [6, 6.07) is 6.15. The number of rotatable bonds is 6. The van der Waals surface area contributed by atoms with Gasteiger partial charge in [0.1, 0.15) is 24.2 Å². The largest absolute Gasteiger partial charge is 0.475 e. The Morgan fingerprint density at radius 1 is 1.19 bits per heavy atom. The van der Waals surface area contributed by atoms with Crippen LogP contribution in [-0.2, 0) is 19.3 Å². The Hall–Kier alpha value is -3.32. The number of pyridine rings is 1. The number of fused-ring (bicyclic) bond motifs is 1. The van der Waals surface area contributed by atoms with Crippen LogP contribution in [-0.4, -0.2) is 53.9 Å². The Kier molecular flexibility index (Phi) is 6.31. The second kappa shape index (κ2) is 9.21. The summed E-state index contributed by atoms with van der Waals surface area (Å²) in [6.45, 7) is 4.65. The smallest absolute Gasteiger partial charge is 0.295 e.